The van der Waals surface area contributed by atoms with Crippen molar-refractivity contribution < 1.29 is 14.6 Å². The highest BCUT2D eigenvalue weighted by Gasteiger charge is 2.10. The van der Waals surface area contributed by atoms with E-state index in [4.69, 9.17) is 4.74 Å². The van der Waals surface area contributed by atoms with E-state index in [-0.39, 0.29) is 5.91 Å². The molecule has 2 N–H and O–H groups in total. The number of aliphatic hydroxyl groups is 1. The van der Waals surface area contributed by atoms with E-state index in [2.05, 4.69) is 5.32 Å². The second-order valence-electron chi connectivity index (χ2n) is 4.40. The Morgan fingerprint density at radius 1 is 1.44 bits per heavy atom. The van der Waals surface area contributed by atoms with Crippen molar-refractivity contribution in [2.75, 3.05) is 20.3 Å². The summed E-state index contributed by atoms with van der Waals surface area (Å²) in [4.78, 5) is 11.9. The van der Waals surface area contributed by atoms with Crippen molar-refractivity contribution in [2.45, 2.75) is 26.4 Å². The number of methoxy groups -OCH3 is 1. The summed E-state index contributed by atoms with van der Waals surface area (Å²) >= 11 is 0. The van der Waals surface area contributed by atoms with Crippen molar-refractivity contribution in [2.24, 2.45) is 0 Å². The second-order valence-corrected chi connectivity index (χ2v) is 4.40. The van der Waals surface area contributed by atoms with Crippen molar-refractivity contribution in [3.63, 3.8) is 0 Å². The summed E-state index contributed by atoms with van der Waals surface area (Å²) in [5, 5.41) is 12.3. The summed E-state index contributed by atoms with van der Waals surface area (Å²) in [7, 11) is 1.54. The summed E-state index contributed by atoms with van der Waals surface area (Å²) in [6.45, 7) is 4.65. The van der Waals surface area contributed by atoms with E-state index < -0.39 is 6.10 Å². The molecule has 4 nitrogen and oxygen atoms in total. The van der Waals surface area contributed by atoms with Crippen LogP contribution in [0.4, 0.5) is 0 Å². The van der Waals surface area contributed by atoms with E-state index in [0.717, 1.165) is 11.1 Å². The number of hydrogen-bond acceptors (Lipinski definition) is 3. The minimum atomic E-state index is -0.533. The molecule has 1 aromatic rings. The normalized spacial score (nSPS) is 12.2. The number of carbonyl (C=O) groups excluding carboxylic acids is 1. The highest BCUT2D eigenvalue weighted by molar-refractivity contribution is 5.95. The lowest BCUT2D eigenvalue weighted by Gasteiger charge is -2.12. The number of ether oxygens (including phenoxy) is 1. The Morgan fingerprint density at radius 2 is 2.17 bits per heavy atom. The predicted octanol–water partition coefficient (Wildman–Crippen LogP) is 1.43. The fourth-order valence-corrected chi connectivity index (χ4v) is 1.72. The van der Waals surface area contributed by atoms with Gasteiger partial charge < -0.3 is 15.2 Å². The predicted molar refractivity (Wildman–Crippen MR) is 70.7 cm³/mol. The molecule has 100 valence electrons. The molecular weight excluding hydrogens is 230 g/mol. The molecule has 1 rings (SSSR count). The molecule has 1 unspecified atom stereocenters. The van der Waals surface area contributed by atoms with Gasteiger partial charge in [-0.2, -0.15) is 0 Å². The standard InChI is InChI=1S/C14H21NO3/c1-10-5-4-6-13(11(10)2)14(17)15-8-7-12(16)9-18-3/h4-6,12,16H,7-9H2,1-3H3,(H,15,17). The van der Waals surface area contributed by atoms with Gasteiger partial charge in [0.25, 0.3) is 5.91 Å². The van der Waals surface area contributed by atoms with Crippen LogP contribution in [0.3, 0.4) is 0 Å². The lowest BCUT2D eigenvalue weighted by Crippen LogP contribution is -2.29. The van der Waals surface area contributed by atoms with Gasteiger partial charge in [-0.1, -0.05) is 12.1 Å². The van der Waals surface area contributed by atoms with Crippen molar-refractivity contribution >= 4 is 5.91 Å². The van der Waals surface area contributed by atoms with Gasteiger partial charge in [0.2, 0.25) is 0 Å². The number of nitrogens with one attached hydrogen (secondary N) is 1. The first-order valence-corrected chi connectivity index (χ1v) is 6.07. The van der Waals surface area contributed by atoms with Gasteiger partial charge in [-0.25, -0.2) is 0 Å². The Morgan fingerprint density at radius 3 is 2.83 bits per heavy atom. The first-order chi connectivity index (χ1) is 8.56. The molecule has 0 spiro atoms. The largest absolute Gasteiger partial charge is 0.391 e. The van der Waals surface area contributed by atoms with Crippen LogP contribution in [0, 0.1) is 13.8 Å². The number of amides is 1. The van der Waals surface area contributed by atoms with Crippen LogP contribution in [0.5, 0.6) is 0 Å². The fourth-order valence-electron chi connectivity index (χ4n) is 1.72. The lowest BCUT2D eigenvalue weighted by molar-refractivity contribution is 0.0587. The smallest absolute Gasteiger partial charge is 0.251 e. The monoisotopic (exact) mass is 251 g/mol. The molecule has 1 amide bonds. The molecule has 0 saturated heterocycles. The molecular formula is C14H21NO3. The summed E-state index contributed by atoms with van der Waals surface area (Å²) in [6, 6.07) is 5.66. The van der Waals surface area contributed by atoms with Crippen LogP contribution in [0.2, 0.25) is 0 Å². The van der Waals surface area contributed by atoms with Gasteiger partial charge in [0, 0.05) is 19.2 Å². The first-order valence-electron chi connectivity index (χ1n) is 6.07. The topological polar surface area (TPSA) is 58.6 Å². The summed E-state index contributed by atoms with van der Waals surface area (Å²) in [5.74, 6) is -0.0965. The van der Waals surface area contributed by atoms with Gasteiger partial charge in [-0.3, -0.25) is 4.79 Å². The molecule has 0 bridgehead atoms. The van der Waals surface area contributed by atoms with Crippen LogP contribution >= 0.6 is 0 Å². The van der Waals surface area contributed by atoms with Crippen LogP contribution in [0.25, 0.3) is 0 Å². The van der Waals surface area contributed by atoms with Crippen LogP contribution in [-0.4, -0.2) is 37.4 Å². The molecule has 18 heavy (non-hydrogen) atoms. The Kier molecular flexibility index (Phi) is 5.82. The van der Waals surface area contributed by atoms with Gasteiger partial charge in [0.15, 0.2) is 0 Å². The molecule has 0 heterocycles. The zero-order chi connectivity index (χ0) is 13.5. The number of aliphatic hydroxyl groups excluding tert-OH is 1. The Bertz CT molecular complexity index is 404. The minimum Gasteiger partial charge on any atom is -0.391 e. The molecule has 1 atom stereocenters. The molecule has 0 aliphatic rings. The maximum atomic E-state index is 11.9. The van der Waals surface area contributed by atoms with Crippen LogP contribution in [0.15, 0.2) is 18.2 Å². The fraction of sp³-hybridized carbons (Fsp3) is 0.500. The van der Waals surface area contributed by atoms with Crippen molar-refractivity contribution in [1.29, 1.82) is 0 Å². The van der Waals surface area contributed by atoms with E-state index in [0.29, 0.717) is 25.1 Å². The first kappa shape index (κ1) is 14.7. The third kappa shape index (κ3) is 4.13. The van der Waals surface area contributed by atoms with Gasteiger partial charge in [-0.15, -0.1) is 0 Å². The van der Waals surface area contributed by atoms with Gasteiger partial charge in [0.1, 0.15) is 0 Å². The van der Waals surface area contributed by atoms with E-state index in [1.807, 2.05) is 32.0 Å². The van der Waals surface area contributed by atoms with Crippen LogP contribution in [0.1, 0.15) is 27.9 Å². The number of aryl methyl sites for hydroxylation is 1. The van der Waals surface area contributed by atoms with Crippen LogP contribution in [-0.2, 0) is 4.74 Å². The third-order valence-electron chi connectivity index (χ3n) is 2.97. The molecule has 1 aromatic carbocycles. The summed E-state index contributed by atoms with van der Waals surface area (Å²) < 4.78 is 4.82. The van der Waals surface area contributed by atoms with E-state index in [9.17, 15) is 9.90 Å². The Labute approximate surface area is 108 Å². The number of carbonyl (C=O) groups is 1. The van der Waals surface area contributed by atoms with Crippen LogP contribution < -0.4 is 5.32 Å². The number of hydrogen-bond donors (Lipinski definition) is 2. The zero-order valence-electron chi connectivity index (χ0n) is 11.2. The highest BCUT2D eigenvalue weighted by atomic mass is 16.5. The summed E-state index contributed by atoms with van der Waals surface area (Å²) in [5.41, 5.74) is 2.78. The Hall–Kier alpha value is -1.39. The molecule has 0 fully saturated rings. The van der Waals surface area contributed by atoms with Gasteiger partial charge in [0.05, 0.1) is 12.7 Å². The minimum absolute atomic E-state index is 0.0965. The van der Waals surface area contributed by atoms with E-state index >= 15 is 0 Å². The molecule has 0 saturated carbocycles. The lowest BCUT2D eigenvalue weighted by atomic mass is 10.0. The Balaban J connectivity index is 2.48. The molecule has 0 aromatic heterocycles. The van der Waals surface area contributed by atoms with Crippen molar-refractivity contribution in [3.05, 3.63) is 34.9 Å². The van der Waals surface area contributed by atoms with Crippen molar-refractivity contribution in [3.8, 4) is 0 Å². The van der Waals surface area contributed by atoms with Gasteiger partial charge >= 0.3 is 0 Å². The van der Waals surface area contributed by atoms with E-state index in [1.165, 1.54) is 7.11 Å². The van der Waals surface area contributed by atoms with Crippen molar-refractivity contribution in [1.82, 2.24) is 5.32 Å². The maximum Gasteiger partial charge on any atom is 0.251 e. The molecule has 0 aliphatic heterocycles. The zero-order valence-corrected chi connectivity index (χ0v) is 11.2. The number of benzene rings is 1. The molecule has 0 radical (unpaired) electrons. The van der Waals surface area contributed by atoms with Gasteiger partial charge in [-0.05, 0) is 37.5 Å². The van der Waals surface area contributed by atoms with E-state index in [1.54, 1.807) is 0 Å². The molecule has 0 aliphatic carbocycles. The highest BCUT2D eigenvalue weighted by Crippen LogP contribution is 2.12. The number of rotatable bonds is 6. The maximum absolute atomic E-state index is 11.9. The third-order valence-corrected chi connectivity index (χ3v) is 2.97. The average molecular weight is 251 g/mol. The SMILES string of the molecule is COCC(O)CCNC(=O)c1cccc(C)c1C. The summed E-state index contributed by atoms with van der Waals surface area (Å²) in [6.07, 6.45) is -0.0429. The average Bonchev–Trinajstić information content (AvgIpc) is 2.33. The molecule has 4 heteroatoms. The quantitative estimate of drug-likeness (QED) is 0.804. The second kappa shape index (κ2) is 7.13.